The van der Waals surface area contributed by atoms with E-state index in [2.05, 4.69) is 0 Å². The van der Waals surface area contributed by atoms with Crippen molar-refractivity contribution in [2.45, 2.75) is 0 Å². The monoisotopic (exact) mass is 245 g/mol. The van der Waals surface area contributed by atoms with E-state index in [0.29, 0.717) is 0 Å². The average molecular weight is 246 g/mol. The van der Waals surface area contributed by atoms with E-state index in [9.17, 15) is 0 Å². The zero-order valence-corrected chi connectivity index (χ0v) is 9.16. The predicted molar refractivity (Wildman–Crippen MR) is 2.22 cm³/mol. The molecule has 0 saturated carbocycles. The van der Waals surface area contributed by atoms with Crippen LogP contribution in [0.3, 0.4) is 0 Å². The second kappa shape index (κ2) is 16.3. The van der Waals surface area contributed by atoms with Crippen LogP contribution in [0.1, 0.15) is 2.85 Å². The Morgan fingerprint density at radius 3 is 1.00 bits per heavy atom. The van der Waals surface area contributed by atoms with Crippen LogP contribution in [-0.2, 0) is 26.2 Å². The van der Waals surface area contributed by atoms with Gasteiger partial charge in [0.05, 0.1) is 0 Å². The number of hydrogen-bond acceptors (Lipinski definition) is 0. The van der Waals surface area contributed by atoms with E-state index in [0.717, 1.165) is 0 Å². The zero-order chi connectivity index (χ0) is 0. The summed E-state index contributed by atoms with van der Waals surface area (Å²) in [5.74, 6) is 0. The van der Waals surface area contributed by atoms with Crippen LogP contribution in [0.5, 0.6) is 0 Å². The standard InChI is InChI=1S/La.2Li.Zr.2H/q;2*+1;;2*-1. The van der Waals surface area contributed by atoms with Crippen molar-refractivity contribution in [2.24, 2.45) is 0 Å². The van der Waals surface area contributed by atoms with Gasteiger partial charge in [0, 0.05) is 61.8 Å². The van der Waals surface area contributed by atoms with Gasteiger partial charge in [-0.3, -0.25) is 0 Å². The maximum absolute atomic E-state index is 0. The minimum atomic E-state index is 0. The molecular formula is H2LaLi2Zr. The molecule has 0 aliphatic heterocycles. The number of hydrogen-bond donors (Lipinski definition) is 0. The second-order valence-corrected chi connectivity index (χ2v) is 0. The molecule has 0 heterocycles. The summed E-state index contributed by atoms with van der Waals surface area (Å²) in [6.45, 7) is 0. The third-order valence-electron chi connectivity index (χ3n) is 0. The van der Waals surface area contributed by atoms with E-state index in [1.165, 1.54) is 0 Å². The zero-order valence-electron chi connectivity index (χ0n) is 5.08. The third-order valence-corrected chi connectivity index (χ3v) is 0. The second-order valence-electron chi connectivity index (χ2n) is 0. The summed E-state index contributed by atoms with van der Waals surface area (Å²) in [6, 6.07) is 0. The summed E-state index contributed by atoms with van der Waals surface area (Å²) in [4.78, 5) is 0. The molecule has 0 aromatic carbocycles. The van der Waals surface area contributed by atoms with E-state index in [1.54, 1.807) is 0 Å². The molecule has 0 N–H and O–H groups in total. The van der Waals surface area contributed by atoms with Gasteiger partial charge < -0.3 is 2.85 Å². The Hall–Kier alpha value is 3.27. The van der Waals surface area contributed by atoms with Crippen molar-refractivity contribution < 1.29 is 102 Å². The molecule has 0 nitrogen and oxygen atoms in total. The van der Waals surface area contributed by atoms with Crippen LogP contribution in [0.15, 0.2) is 0 Å². The first kappa shape index (κ1) is 26.7. The first-order chi connectivity index (χ1) is 0. The molecule has 0 bridgehead atoms. The molecule has 0 atom stereocenters. The van der Waals surface area contributed by atoms with Gasteiger partial charge in [0.2, 0.25) is 0 Å². The molecule has 11 valence electrons. The van der Waals surface area contributed by atoms with Gasteiger partial charge in [-0.25, -0.2) is 0 Å². The first-order valence-corrected chi connectivity index (χ1v) is 0. The van der Waals surface area contributed by atoms with Crippen LogP contribution >= 0.6 is 0 Å². The molecule has 0 aromatic rings. The smallest absolute Gasteiger partial charge is 1.00 e. The number of rotatable bonds is 0. The van der Waals surface area contributed by atoms with Crippen molar-refractivity contribution in [3.63, 3.8) is 0 Å². The van der Waals surface area contributed by atoms with Gasteiger partial charge in [0.15, 0.2) is 0 Å². The normalized spacial score (nSPS) is 0. The molecular weight excluding hydrogens is 244 g/mol. The fourth-order valence-electron chi connectivity index (χ4n) is 0. The molecule has 4 heavy (non-hydrogen) atoms. The van der Waals surface area contributed by atoms with Crippen molar-refractivity contribution in [3.8, 4) is 0 Å². The minimum Gasteiger partial charge on any atom is -1.00 e. The molecule has 0 saturated heterocycles. The molecule has 0 rings (SSSR count). The van der Waals surface area contributed by atoms with Gasteiger partial charge in [-0.15, -0.1) is 0 Å². The molecule has 1 radical (unpaired) electrons. The van der Waals surface area contributed by atoms with E-state index in [-0.39, 0.29) is 102 Å². The predicted octanol–water partition coefficient (Wildman–Crippen LogP) is -5.77. The quantitative estimate of drug-likeness (QED) is 0.374. The molecule has 0 aliphatic carbocycles. The van der Waals surface area contributed by atoms with Crippen LogP contribution in [0.4, 0.5) is 0 Å². The van der Waals surface area contributed by atoms with Crippen molar-refractivity contribution in [1.29, 1.82) is 0 Å². The summed E-state index contributed by atoms with van der Waals surface area (Å²) in [7, 11) is 0. The van der Waals surface area contributed by atoms with Crippen LogP contribution in [0.2, 0.25) is 0 Å². The van der Waals surface area contributed by atoms with E-state index in [4.69, 9.17) is 0 Å². The van der Waals surface area contributed by atoms with Crippen molar-refractivity contribution in [3.05, 3.63) is 0 Å². The van der Waals surface area contributed by atoms with Gasteiger partial charge >= 0.3 is 37.7 Å². The molecule has 0 unspecified atom stereocenters. The molecule has 0 aliphatic rings. The molecule has 0 aromatic heterocycles. The maximum atomic E-state index is 0. The Morgan fingerprint density at radius 2 is 1.00 bits per heavy atom. The van der Waals surface area contributed by atoms with E-state index < -0.39 is 0 Å². The summed E-state index contributed by atoms with van der Waals surface area (Å²) < 4.78 is 0. The van der Waals surface area contributed by atoms with Crippen molar-refractivity contribution >= 4 is 0 Å². The van der Waals surface area contributed by atoms with Crippen molar-refractivity contribution in [2.75, 3.05) is 0 Å². The van der Waals surface area contributed by atoms with Crippen LogP contribution in [0, 0.1) is 35.6 Å². The summed E-state index contributed by atoms with van der Waals surface area (Å²) in [5.41, 5.74) is 0. The molecule has 0 fully saturated rings. The third kappa shape index (κ3) is 8.99. The van der Waals surface area contributed by atoms with Crippen LogP contribution in [0.25, 0.3) is 0 Å². The van der Waals surface area contributed by atoms with Gasteiger partial charge in [0.1, 0.15) is 0 Å². The Labute approximate surface area is 100 Å². The van der Waals surface area contributed by atoms with Crippen molar-refractivity contribution in [1.82, 2.24) is 0 Å². The molecule has 4 heteroatoms. The molecule has 0 spiro atoms. The molecule has 0 amide bonds. The van der Waals surface area contributed by atoms with E-state index in [1.807, 2.05) is 0 Å². The maximum Gasteiger partial charge on any atom is 1.00 e. The van der Waals surface area contributed by atoms with Gasteiger partial charge in [-0.05, 0) is 0 Å². The Morgan fingerprint density at radius 1 is 1.00 bits per heavy atom. The van der Waals surface area contributed by atoms with Gasteiger partial charge in [-0.1, -0.05) is 0 Å². The van der Waals surface area contributed by atoms with Gasteiger partial charge in [0.25, 0.3) is 0 Å². The van der Waals surface area contributed by atoms with Crippen LogP contribution in [-0.4, -0.2) is 0 Å². The Balaban J connectivity index is 0. The summed E-state index contributed by atoms with van der Waals surface area (Å²) >= 11 is 0. The van der Waals surface area contributed by atoms with Crippen LogP contribution < -0.4 is 37.7 Å². The summed E-state index contributed by atoms with van der Waals surface area (Å²) in [5, 5.41) is 0. The minimum absolute atomic E-state index is 0. The average Bonchev–Trinajstić information content (AvgIpc) is 0. The Kier molecular flexibility index (Phi) is 109. The SMILES string of the molecule is [H-].[H-].[La].[Li+].[Li+].[Zr]. The fourth-order valence-corrected chi connectivity index (χ4v) is 0. The first-order valence-electron chi connectivity index (χ1n) is 0. The fraction of sp³-hybridized carbons (Fsp3) is 0. The topological polar surface area (TPSA) is 0 Å². The van der Waals surface area contributed by atoms with Gasteiger partial charge in [-0.2, -0.15) is 0 Å². The largest absolute Gasteiger partial charge is 1.00 e. The van der Waals surface area contributed by atoms with E-state index >= 15 is 0 Å². The summed E-state index contributed by atoms with van der Waals surface area (Å²) in [6.07, 6.45) is 0. The Bertz CT molecular complexity index is 11.5.